The molecule has 0 aliphatic carbocycles. The maximum Gasteiger partial charge on any atom is 0.193 e. The summed E-state index contributed by atoms with van der Waals surface area (Å²) in [5.74, 6) is 0.962. The Labute approximate surface area is 67.8 Å². The van der Waals surface area contributed by atoms with Gasteiger partial charge in [-0.25, -0.2) is 0 Å². The van der Waals surface area contributed by atoms with Gasteiger partial charge in [0.1, 0.15) is 0 Å². The zero-order valence-corrected chi connectivity index (χ0v) is 7.42. The highest BCUT2D eigenvalue weighted by atomic mass is 16.5. The van der Waals surface area contributed by atoms with Crippen LogP contribution in [0.5, 0.6) is 5.88 Å². The van der Waals surface area contributed by atoms with Crippen LogP contribution in [0.2, 0.25) is 0 Å². The van der Waals surface area contributed by atoms with Crippen molar-refractivity contribution in [3.8, 4) is 5.88 Å². The van der Waals surface area contributed by atoms with Crippen LogP contribution >= 0.6 is 0 Å². The van der Waals surface area contributed by atoms with E-state index in [-0.39, 0.29) is 0 Å². The summed E-state index contributed by atoms with van der Waals surface area (Å²) < 4.78 is 7.32. The molecule has 0 fully saturated rings. The first-order valence-electron chi connectivity index (χ1n) is 3.98. The molecule has 0 spiro atoms. The van der Waals surface area contributed by atoms with Crippen LogP contribution in [-0.4, -0.2) is 11.7 Å². The number of aryl methyl sites for hydroxylation is 2. The Hall–Kier alpha value is -0.920. The van der Waals surface area contributed by atoms with Gasteiger partial charge in [0.25, 0.3) is 0 Å². The molecule has 0 aliphatic heterocycles. The van der Waals surface area contributed by atoms with E-state index in [9.17, 15) is 0 Å². The summed E-state index contributed by atoms with van der Waals surface area (Å²) in [5.41, 5.74) is 1.26. The molecule has 62 valence electrons. The molecule has 0 aliphatic rings. The number of methoxy groups -OCH3 is 1. The van der Waals surface area contributed by atoms with Crippen LogP contribution in [0.15, 0.2) is 12.3 Å². The first kappa shape index (κ1) is 8.18. The van der Waals surface area contributed by atoms with Gasteiger partial charge in [-0.15, -0.1) is 0 Å². The van der Waals surface area contributed by atoms with Gasteiger partial charge in [-0.3, -0.25) is 0 Å². The summed E-state index contributed by atoms with van der Waals surface area (Å²) in [7, 11) is 1.71. The van der Waals surface area contributed by atoms with E-state index in [1.54, 1.807) is 7.11 Å². The lowest BCUT2D eigenvalue weighted by Gasteiger charge is -2.04. The molecule has 1 heterocycles. The maximum atomic E-state index is 5.18. The minimum absolute atomic E-state index is 0.962. The molecule has 0 bridgehead atoms. The van der Waals surface area contributed by atoms with Crippen molar-refractivity contribution in [1.82, 2.24) is 4.57 Å². The Bertz CT molecular complexity index is 227. The topological polar surface area (TPSA) is 14.2 Å². The molecule has 0 radical (unpaired) electrons. The van der Waals surface area contributed by atoms with Crippen LogP contribution in [0.1, 0.15) is 18.9 Å². The van der Waals surface area contributed by atoms with E-state index in [0.29, 0.717) is 0 Å². The van der Waals surface area contributed by atoms with Gasteiger partial charge in [0.2, 0.25) is 0 Å². The normalized spacial score (nSPS) is 10.1. The van der Waals surface area contributed by atoms with Crippen LogP contribution in [0.4, 0.5) is 0 Å². The van der Waals surface area contributed by atoms with Crippen molar-refractivity contribution in [2.45, 2.75) is 26.8 Å². The summed E-state index contributed by atoms with van der Waals surface area (Å²) in [6, 6.07) is 2.05. The van der Waals surface area contributed by atoms with Crippen molar-refractivity contribution in [3.63, 3.8) is 0 Å². The number of hydrogen-bond donors (Lipinski definition) is 0. The molecule has 0 N–H and O–H groups in total. The molecule has 1 aromatic rings. The number of nitrogens with zero attached hydrogens (tertiary/aromatic N) is 1. The highest BCUT2D eigenvalue weighted by Crippen LogP contribution is 2.15. The Balaban J connectivity index is 2.83. The maximum absolute atomic E-state index is 5.18. The Kier molecular flexibility index (Phi) is 2.58. The average Bonchev–Trinajstić information content (AvgIpc) is 2.32. The van der Waals surface area contributed by atoms with E-state index in [1.165, 1.54) is 5.56 Å². The van der Waals surface area contributed by atoms with Crippen molar-refractivity contribution < 1.29 is 4.74 Å². The largest absolute Gasteiger partial charge is 0.482 e. The second-order valence-corrected chi connectivity index (χ2v) is 2.75. The summed E-state index contributed by atoms with van der Waals surface area (Å²) in [6.45, 7) is 5.28. The van der Waals surface area contributed by atoms with Crippen molar-refractivity contribution >= 4 is 0 Å². The first-order chi connectivity index (χ1) is 5.27. The molecule has 0 unspecified atom stereocenters. The average molecular weight is 153 g/mol. The third kappa shape index (κ3) is 1.76. The Morgan fingerprint density at radius 2 is 2.27 bits per heavy atom. The minimum atomic E-state index is 0.962. The van der Waals surface area contributed by atoms with Crippen LogP contribution in [0.25, 0.3) is 0 Å². The van der Waals surface area contributed by atoms with E-state index in [0.717, 1.165) is 18.8 Å². The van der Waals surface area contributed by atoms with E-state index < -0.39 is 0 Å². The zero-order chi connectivity index (χ0) is 8.27. The molecule has 1 rings (SSSR count). The van der Waals surface area contributed by atoms with Crippen LogP contribution in [-0.2, 0) is 6.54 Å². The molecule has 0 atom stereocenters. The third-order valence-corrected chi connectivity index (χ3v) is 1.67. The number of rotatable bonds is 3. The molecule has 11 heavy (non-hydrogen) atoms. The number of hydrogen-bond acceptors (Lipinski definition) is 1. The van der Waals surface area contributed by atoms with Gasteiger partial charge >= 0.3 is 0 Å². The van der Waals surface area contributed by atoms with Crippen molar-refractivity contribution in [2.75, 3.05) is 7.11 Å². The van der Waals surface area contributed by atoms with Gasteiger partial charge in [0, 0.05) is 18.8 Å². The molecule has 2 nitrogen and oxygen atoms in total. The summed E-state index contributed by atoms with van der Waals surface area (Å²) in [5, 5.41) is 0. The van der Waals surface area contributed by atoms with E-state index >= 15 is 0 Å². The quantitative estimate of drug-likeness (QED) is 0.649. The standard InChI is InChI=1S/C9H15NO/c1-4-5-10-7-8(2)6-9(10)11-3/h6-7H,4-5H2,1-3H3. The third-order valence-electron chi connectivity index (χ3n) is 1.67. The van der Waals surface area contributed by atoms with E-state index in [4.69, 9.17) is 4.74 Å². The highest BCUT2D eigenvalue weighted by Gasteiger charge is 2.00. The van der Waals surface area contributed by atoms with Crippen molar-refractivity contribution in [3.05, 3.63) is 17.8 Å². The van der Waals surface area contributed by atoms with Gasteiger partial charge in [-0.05, 0) is 18.9 Å². The summed E-state index contributed by atoms with van der Waals surface area (Å²) in [6.07, 6.45) is 3.26. The van der Waals surface area contributed by atoms with Crippen LogP contribution in [0.3, 0.4) is 0 Å². The second-order valence-electron chi connectivity index (χ2n) is 2.75. The fourth-order valence-corrected chi connectivity index (χ4v) is 1.22. The van der Waals surface area contributed by atoms with Crippen LogP contribution in [0, 0.1) is 6.92 Å². The number of ether oxygens (including phenoxy) is 1. The van der Waals surface area contributed by atoms with Crippen molar-refractivity contribution in [2.24, 2.45) is 0 Å². The highest BCUT2D eigenvalue weighted by molar-refractivity contribution is 5.22. The SMILES string of the molecule is CCCn1cc(C)cc1OC. The van der Waals surface area contributed by atoms with E-state index in [2.05, 4.69) is 30.7 Å². The van der Waals surface area contributed by atoms with Gasteiger partial charge in [-0.1, -0.05) is 6.92 Å². The number of aromatic nitrogens is 1. The first-order valence-corrected chi connectivity index (χ1v) is 3.98. The Morgan fingerprint density at radius 1 is 1.55 bits per heavy atom. The Morgan fingerprint density at radius 3 is 2.82 bits per heavy atom. The lowest BCUT2D eigenvalue weighted by atomic mass is 10.4. The van der Waals surface area contributed by atoms with E-state index in [1.807, 2.05) is 0 Å². The second kappa shape index (κ2) is 3.46. The zero-order valence-electron chi connectivity index (χ0n) is 7.42. The lowest BCUT2D eigenvalue weighted by molar-refractivity contribution is 0.371. The fourth-order valence-electron chi connectivity index (χ4n) is 1.22. The van der Waals surface area contributed by atoms with Gasteiger partial charge < -0.3 is 9.30 Å². The molecule has 2 heteroatoms. The summed E-state index contributed by atoms with van der Waals surface area (Å²) in [4.78, 5) is 0. The smallest absolute Gasteiger partial charge is 0.193 e. The molecule has 0 aromatic carbocycles. The molecular weight excluding hydrogens is 138 g/mol. The van der Waals surface area contributed by atoms with Gasteiger partial charge in [0.05, 0.1) is 7.11 Å². The van der Waals surface area contributed by atoms with Gasteiger partial charge in [0.15, 0.2) is 5.88 Å². The molecule has 1 aromatic heterocycles. The summed E-state index contributed by atoms with van der Waals surface area (Å²) >= 11 is 0. The lowest BCUT2D eigenvalue weighted by Crippen LogP contribution is -1.97. The van der Waals surface area contributed by atoms with Crippen molar-refractivity contribution in [1.29, 1.82) is 0 Å². The predicted molar refractivity (Wildman–Crippen MR) is 46.0 cm³/mol. The van der Waals surface area contributed by atoms with Crippen LogP contribution < -0.4 is 4.74 Å². The molecular formula is C9H15NO. The molecule has 0 saturated carbocycles. The fraction of sp³-hybridized carbons (Fsp3) is 0.556. The van der Waals surface area contributed by atoms with Gasteiger partial charge in [-0.2, -0.15) is 0 Å². The molecule has 0 saturated heterocycles. The minimum Gasteiger partial charge on any atom is -0.482 e. The predicted octanol–water partition coefficient (Wildman–Crippen LogP) is 2.22. The monoisotopic (exact) mass is 153 g/mol. The molecule has 0 amide bonds.